The number of hydrogen-bond acceptors (Lipinski definition) is 2. The SMILES string of the molecule is CCCNCc1c(C)nn(-c2c(F)cccc2Cl)c1C. The van der Waals surface area contributed by atoms with Crippen molar-refractivity contribution in [1.29, 1.82) is 0 Å². The quantitative estimate of drug-likeness (QED) is 0.851. The first-order valence-corrected chi connectivity index (χ1v) is 7.14. The zero-order chi connectivity index (χ0) is 14.7. The van der Waals surface area contributed by atoms with Crippen LogP contribution in [-0.2, 0) is 6.54 Å². The van der Waals surface area contributed by atoms with Crippen molar-refractivity contribution in [2.75, 3.05) is 6.54 Å². The van der Waals surface area contributed by atoms with Gasteiger partial charge in [-0.3, -0.25) is 0 Å². The topological polar surface area (TPSA) is 29.9 Å². The van der Waals surface area contributed by atoms with Crippen molar-refractivity contribution in [3.63, 3.8) is 0 Å². The van der Waals surface area contributed by atoms with E-state index in [0.717, 1.165) is 36.5 Å². The fourth-order valence-electron chi connectivity index (χ4n) is 2.23. The molecule has 0 aliphatic rings. The van der Waals surface area contributed by atoms with E-state index in [1.165, 1.54) is 6.07 Å². The first-order chi connectivity index (χ1) is 9.56. The molecule has 1 aromatic carbocycles. The minimum absolute atomic E-state index is 0.316. The Morgan fingerprint density at radius 2 is 2.10 bits per heavy atom. The second-order valence-corrected chi connectivity index (χ2v) is 5.22. The summed E-state index contributed by atoms with van der Waals surface area (Å²) in [6, 6.07) is 4.66. The van der Waals surface area contributed by atoms with E-state index < -0.39 is 0 Å². The van der Waals surface area contributed by atoms with Gasteiger partial charge in [0.2, 0.25) is 0 Å². The molecule has 5 heteroatoms. The average Bonchev–Trinajstić information content (AvgIpc) is 2.67. The van der Waals surface area contributed by atoms with E-state index in [2.05, 4.69) is 17.3 Å². The highest BCUT2D eigenvalue weighted by molar-refractivity contribution is 6.32. The number of nitrogens with zero attached hydrogens (tertiary/aromatic N) is 2. The van der Waals surface area contributed by atoms with Gasteiger partial charge in [0.05, 0.1) is 10.7 Å². The molecule has 3 nitrogen and oxygen atoms in total. The monoisotopic (exact) mass is 295 g/mol. The predicted molar refractivity (Wildman–Crippen MR) is 80.0 cm³/mol. The molecular formula is C15H19ClFN3. The zero-order valence-electron chi connectivity index (χ0n) is 12.0. The van der Waals surface area contributed by atoms with Gasteiger partial charge in [0.25, 0.3) is 0 Å². The summed E-state index contributed by atoms with van der Waals surface area (Å²) in [5.41, 5.74) is 3.22. The van der Waals surface area contributed by atoms with Crippen molar-refractivity contribution >= 4 is 11.6 Å². The van der Waals surface area contributed by atoms with Crippen LogP contribution in [0.1, 0.15) is 30.3 Å². The summed E-state index contributed by atoms with van der Waals surface area (Å²) in [5.74, 6) is -0.365. The Hall–Kier alpha value is -1.39. The van der Waals surface area contributed by atoms with Gasteiger partial charge in [0.1, 0.15) is 11.5 Å². The van der Waals surface area contributed by atoms with Crippen LogP contribution in [0.25, 0.3) is 5.69 Å². The molecule has 0 amide bonds. The smallest absolute Gasteiger partial charge is 0.150 e. The van der Waals surface area contributed by atoms with Gasteiger partial charge < -0.3 is 5.32 Å². The van der Waals surface area contributed by atoms with E-state index in [-0.39, 0.29) is 5.82 Å². The van der Waals surface area contributed by atoms with Crippen molar-refractivity contribution in [3.8, 4) is 5.69 Å². The van der Waals surface area contributed by atoms with E-state index in [1.807, 2.05) is 13.8 Å². The standard InChI is InChI=1S/C15H19ClFN3/c1-4-8-18-9-12-10(2)19-20(11(12)3)15-13(16)6-5-7-14(15)17/h5-7,18H,4,8-9H2,1-3H3. The van der Waals surface area contributed by atoms with Crippen LogP contribution in [0.4, 0.5) is 4.39 Å². The lowest BCUT2D eigenvalue weighted by Crippen LogP contribution is -2.15. The molecule has 108 valence electrons. The molecule has 1 aromatic heterocycles. The van der Waals surface area contributed by atoms with Crippen LogP contribution in [0.5, 0.6) is 0 Å². The highest BCUT2D eigenvalue weighted by Gasteiger charge is 2.17. The molecular weight excluding hydrogens is 277 g/mol. The van der Waals surface area contributed by atoms with Crippen molar-refractivity contribution in [1.82, 2.24) is 15.1 Å². The van der Waals surface area contributed by atoms with Gasteiger partial charge in [-0.15, -0.1) is 0 Å². The molecule has 0 unspecified atom stereocenters. The maximum absolute atomic E-state index is 14.0. The van der Waals surface area contributed by atoms with Gasteiger partial charge in [0, 0.05) is 17.8 Å². The maximum atomic E-state index is 14.0. The number of halogens is 2. The summed E-state index contributed by atoms with van der Waals surface area (Å²) in [6.45, 7) is 7.67. The van der Waals surface area contributed by atoms with Crippen LogP contribution < -0.4 is 5.32 Å². The van der Waals surface area contributed by atoms with Crippen LogP contribution in [0.2, 0.25) is 5.02 Å². The summed E-state index contributed by atoms with van der Waals surface area (Å²) in [5, 5.41) is 8.14. The molecule has 0 saturated carbocycles. The van der Waals surface area contributed by atoms with Crippen LogP contribution >= 0.6 is 11.6 Å². The molecule has 0 aliphatic heterocycles. The van der Waals surface area contributed by atoms with Crippen molar-refractivity contribution in [2.45, 2.75) is 33.7 Å². The van der Waals surface area contributed by atoms with Gasteiger partial charge in [0.15, 0.2) is 0 Å². The molecule has 0 bridgehead atoms. The number of benzene rings is 1. The van der Waals surface area contributed by atoms with Crippen LogP contribution in [0, 0.1) is 19.7 Å². The lowest BCUT2D eigenvalue weighted by Gasteiger charge is -2.09. The van der Waals surface area contributed by atoms with Crippen LogP contribution in [0.3, 0.4) is 0 Å². The van der Waals surface area contributed by atoms with E-state index in [9.17, 15) is 4.39 Å². The summed E-state index contributed by atoms with van der Waals surface area (Å²) < 4.78 is 15.6. The Labute approximate surface area is 123 Å². The molecule has 0 spiro atoms. The second-order valence-electron chi connectivity index (χ2n) is 4.81. The number of rotatable bonds is 5. The first kappa shape index (κ1) is 15.0. The number of nitrogens with one attached hydrogen (secondary N) is 1. The van der Waals surface area contributed by atoms with E-state index in [0.29, 0.717) is 10.7 Å². The molecule has 20 heavy (non-hydrogen) atoms. The Bertz CT molecular complexity index is 587. The molecule has 1 heterocycles. The molecule has 2 aromatic rings. The van der Waals surface area contributed by atoms with Gasteiger partial charge in [-0.05, 0) is 38.9 Å². The van der Waals surface area contributed by atoms with E-state index >= 15 is 0 Å². The summed E-state index contributed by atoms with van der Waals surface area (Å²) in [4.78, 5) is 0. The van der Waals surface area contributed by atoms with Gasteiger partial charge in [-0.1, -0.05) is 24.6 Å². The van der Waals surface area contributed by atoms with Gasteiger partial charge in [-0.2, -0.15) is 5.10 Å². The maximum Gasteiger partial charge on any atom is 0.150 e. The highest BCUT2D eigenvalue weighted by Crippen LogP contribution is 2.26. The molecule has 0 aliphatic carbocycles. The van der Waals surface area contributed by atoms with Gasteiger partial charge >= 0.3 is 0 Å². The minimum atomic E-state index is -0.365. The molecule has 0 atom stereocenters. The summed E-state index contributed by atoms with van der Waals surface area (Å²) >= 11 is 6.11. The largest absolute Gasteiger partial charge is 0.313 e. The van der Waals surface area contributed by atoms with Crippen LogP contribution in [0.15, 0.2) is 18.2 Å². The fourth-order valence-corrected chi connectivity index (χ4v) is 2.47. The number of aromatic nitrogens is 2. The molecule has 0 fully saturated rings. The lowest BCUT2D eigenvalue weighted by molar-refractivity contribution is 0.607. The third-order valence-corrected chi connectivity index (χ3v) is 3.62. The highest BCUT2D eigenvalue weighted by atomic mass is 35.5. The van der Waals surface area contributed by atoms with Crippen LogP contribution in [-0.4, -0.2) is 16.3 Å². The predicted octanol–water partition coefficient (Wildman–Crippen LogP) is 3.78. The van der Waals surface area contributed by atoms with E-state index in [1.54, 1.807) is 16.8 Å². The minimum Gasteiger partial charge on any atom is -0.313 e. The van der Waals surface area contributed by atoms with Crippen molar-refractivity contribution in [3.05, 3.63) is 46.0 Å². The molecule has 0 radical (unpaired) electrons. The number of para-hydroxylation sites is 1. The Kier molecular flexibility index (Phi) is 4.78. The zero-order valence-corrected chi connectivity index (χ0v) is 12.8. The Morgan fingerprint density at radius 1 is 1.35 bits per heavy atom. The average molecular weight is 296 g/mol. The summed E-state index contributed by atoms with van der Waals surface area (Å²) in [7, 11) is 0. The van der Waals surface area contributed by atoms with Crippen molar-refractivity contribution in [2.24, 2.45) is 0 Å². The molecule has 2 rings (SSSR count). The number of hydrogen-bond donors (Lipinski definition) is 1. The van der Waals surface area contributed by atoms with Crippen molar-refractivity contribution < 1.29 is 4.39 Å². The normalized spacial score (nSPS) is 11.1. The molecule has 0 saturated heterocycles. The second kappa shape index (κ2) is 6.37. The number of aryl methyl sites for hydroxylation is 1. The summed E-state index contributed by atoms with van der Waals surface area (Å²) in [6.07, 6.45) is 1.07. The fraction of sp³-hybridized carbons (Fsp3) is 0.400. The molecule has 1 N–H and O–H groups in total. The third kappa shape index (κ3) is 2.86. The van der Waals surface area contributed by atoms with E-state index in [4.69, 9.17) is 11.6 Å². The lowest BCUT2D eigenvalue weighted by atomic mass is 10.2. The Balaban J connectivity index is 2.41. The Morgan fingerprint density at radius 3 is 2.75 bits per heavy atom. The third-order valence-electron chi connectivity index (χ3n) is 3.32. The first-order valence-electron chi connectivity index (χ1n) is 6.76. The van der Waals surface area contributed by atoms with Gasteiger partial charge in [-0.25, -0.2) is 9.07 Å².